The fourth-order valence-corrected chi connectivity index (χ4v) is 4.39. The second-order valence-corrected chi connectivity index (χ2v) is 7.59. The molecule has 0 fully saturated rings. The Morgan fingerprint density at radius 1 is 0.950 bits per heavy atom. The van der Waals surface area contributed by atoms with Crippen LogP contribution < -0.4 is 4.31 Å². The van der Waals surface area contributed by atoms with Gasteiger partial charge in [-0.1, -0.05) is 50.2 Å². The molecule has 0 N–H and O–H groups in total. The fourth-order valence-electron chi connectivity index (χ4n) is 2.73. The summed E-state index contributed by atoms with van der Waals surface area (Å²) in [6, 6.07) is 16.3. The largest absolute Gasteiger partial charge is 0.265 e. The Morgan fingerprint density at radius 3 is 2.25 bits per heavy atom. The summed E-state index contributed by atoms with van der Waals surface area (Å²) >= 11 is 0. The Morgan fingerprint density at radius 2 is 1.55 bits per heavy atom. The third-order valence-corrected chi connectivity index (χ3v) is 5.55. The van der Waals surface area contributed by atoms with Crippen molar-refractivity contribution in [1.82, 2.24) is 0 Å². The van der Waals surface area contributed by atoms with Crippen LogP contribution >= 0.6 is 0 Å². The van der Waals surface area contributed by atoms with Crippen LogP contribution in [0, 0.1) is 0 Å². The van der Waals surface area contributed by atoms with Gasteiger partial charge in [0.05, 0.1) is 10.6 Å². The van der Waals surface area contributed by atoms with E-state index in [4.69, 9.17) is 0 Å². The van der Waals surface area contributed by atoms with E-state index in [2.05, 4.69) is 13.8 Å². The van der Waals surface area contributed by atoms with E-state index >= 15 is 0 Å². The van der Waals surface area contributed by atoms with Crippen LogP contribution in [-0.4, -0.2) is 15.0 Å². The van der Waals surface area contributed by atoms with E-state index in [0.717, 1.165) is 11.3 Å². The molecule has 4 heteroatoms. The van der Waals surface area contributed by atoms with Crippen LogP contribution in [0.15, 0.2) is 59.5 Å². The van der Waals surface area contributed by atoms with E-state index in [1.165, 1.54) is 4.31 Å². The van der Waals surface area contributed by atoms with E-state index in [1.807, 2.05) is 30.3 Å². The van der Waals surface area contributed by atoms with Gasteiger partial charge >= 0.3 is 0 Å². The molecule has 0 aromatic heterocycles. The molecule has 0 atom stereocenters. The first-order chi connectivity index (χ1) is 9.43. The van der Waals surface area contributed by atoms with Crippen LogP contribution in [0.3, 0.4) is 0 Å². The van der Waals surface area contributed by atoms with Crippen LogP contribution in [0.5, 0.6) is 0 Å². The van der Waals surface area contributed by atoms with Crippen molar-refractivity contribution < 1.29 is 8.42 Å². The van der Waals surface area contributed by atoms with Crippen LogP contribution in [0.1, 0.15) is 19.4 Å². The first-order valence-electron chi connectivity index (χ1n) is 6.60. The summed E-state index contributed by atoms with van der Waals surface area (Å²) in [5, 5.41) is 0. The standard InChI is InChI=1S/C16H17NO2S/c1-16(2)12-17(15-11-7-6-10-14(15)16)20(18,19)13-8-4-3-5-9-13/h3-11H,12H2,1-2H3. The summed E-state index contributed by atoms with van der Waals surface area (Å²) in [4.78, 5) is 0.340. The summed E-state index contributed by atoms with van der Waals surface area (Å²) in [5.74, 6) is 0. The van der Waals surface area contributed by atoms with Crippen molar-refractivity contribution in [2.75, 3.05) is 10.8 Å². The zero-order valence-electron chi connectivity index (χ0n) is 11.6. The number of hydrogen-bond donors (Lipinski definition) is 0. The number of sulfonamides is 1. The van der Waals surface area contributed by atoms with E-state index in [1.54, 1.807) is 24.3 Å². The van der Waals surface area contributed by atoms with Gasteiger partial charge in [-0.3, -0.25) is 4.31 Å². The molecule has 0 aliphatic carbocycles. The average molecular weight is 287 g/mol. The third kappa shape index (κ3) is 1.91. The normalized spacial score (nSPS) is 17.0. The van der Waals surface area contributed by atoms with Gasteiger partial charge < -0.3 is 0 Å². The first kappa shape index (κ1) is 13.2. The molecule has 1 aliphatic rings. The summed E-state index contributed by atoms with van der Waals surface area (Å²) in [7, 11) is -3.49. The average Bonchev–Trinajstić information content (AvgIpc) is 2.73. The molecule has 1 aliphatic heterocycles. The molecule has 0 radical (unpaired) electrons. The number of hydrogen-bond acceptors (Lipinski definition) is 2. The second kappa shape index (κ2) is 4.35. The molecule has 104 valence electrons. The van der Waals surface area contributed by atoms with Gasteiger partial charge in [-0.15, -0.1) is 0 Å². The first-order valence-corrected chi connectivity index (χ1v) is 8.04. The monoisotopic (exact) mass is 287 g/mol. The quantitative estimate of drug-likeness (QED) is 0.850. The summed E-state index contributed by atoms with van der Waals surface area (Å²) in [6.45, 7) is 4.63. The summed E-state index contributed by atoms with van der Waals surface area (Å²) in [6.07, 6.45) is 0. The number of fused-ring (bicyclic) bond motifs is 1. The summed E-state index contributed by atoms with van der Waals surface area (Å²) < 4.78 is 27.1. The molecule has 0 amide bonds. The van der Waals surface area contributed by atoms with Crippen LogP contribution in [0.2, 0.25) is 0 Å². The molecule has 0 saturated carbocycles. The Hall–Kier alpha value is -1.81. The van der Waals surface area contributed by atoms with E-state index in [0.29, 0.717) is 11.4 Å². The number of anilines is 1. The molecule has 3 rings (SSSR count). The molecule has 1 heterocycles. The lowest BCUT2D eigenvalue weighted by molar-refractivity contribution is 0.554. The highest BCUT2D eigenvalue weighted by Gasteiger charge is 2.40. The van der Waals surface area contributed by atoms with Gasteiger partial charge in [-0.05, 0) is 23.8 Å². The van der Waals surface area contributed by atoms with Crippen molar-refractivity contribution >= 4 is 15.7 Å². The van der Waals surface area contributed by atoms with Crippen molar-refractivity contribution in [2.45, 2.75) is 24.2 Å². The van der Waals surface area contributed by atoms with Gasteiger partial charge in [0.15, 0.2) is 0 Å². The maximum Gasteiger partial charge on any atom is 0.264 e. The minimum absolute atomic E-state index is 0.168. The van der Waals surface area contributed by atoms with E-state index < -0.39 is 10.0 Å². The van der Waals surface area contributed by atoms with Crippen molar-refractivity contribution in [3.05, 3.63) is 60.2 Å². The molecular formula is C16H17NO2S. The molecule has 2 aromatic rings. The SMILES string of the molecule is CC1(C)CN(S(=O)(=O)c2ccccc2)c2ccccc21. The minimum atomic E-state index is -3.49. The third-order valence-electron chi connectivity index (χ3n) is 3.77. The van der Waals surface area contributed by atoms with E-state index in [-0.39, 0.29) is 5.41 Å². The number of benzene rings is 2. The zero-order chi connectivity index (χ0) is 14.4. The van der Waals surface area contributed by atoms with Crippen molar-refractivity contribution in [3.8, 4) is 0 Å². The van der Waals surface area contributed by atoms with Crippen LogP contribution in [-0.2, 0) is 15.4 Å². The minimum Gasteiger partial charge on any atom is -0.265 e. The number of nitrogens with zero attached hydrogens (tertiary/aromatic N) is 1. The highest BCUT2D eigenvalue weighted by atomic mass is 32.2. The molecule has 3 nitrogen and oxygen atoms in total. The number of para-hydroxylation sites is 1. The Kier molecular flexibility index (Phi) is 2.87. The molecule has 20 heavy (non-hydrogen) atoms. The highest BCUT2D eigenvalue weighted by Crippen LogP contribution is 2.42. The predicted octanol–water partition coefficient (Wildman–Crippen LogP) is 3.17. The molecule has 0 saturated heterocycles. The molecule has 0 spiro atoms. The Bertz CT molecular complexity index is 736. The topological polar surface area (TPSA) is 37.4 Å². The Labute approximate surface area is 119 Å². The number of rotatable bonds is 2. The van der Waals surface area contributed by atoms with Crippen molar-refractivity contribution in [1.29, 1.82) is 0 Å². The van der Waals surface area contributed by atoms with Gasteiger partial charge in [0.2, 0.25) is 0 Å². The lowest BCUT2D eigenvalue weighted by Gasteiger charge is -2.22. The van der Waals surface area contributed by atoms with Crippen LogP contribution in [0.25, 0.3) is 0 Å². The van der Waals surface area contributed by atoms with Gasteiger partial charge in [0.1, 0.15) is 0 Å². The highest BCUT2D eigenvalue weighted by molar-refractivity contribution is 7.92. The maximum absolute atomic E-state index is 12.8. The molecule has 0 bridgehead atoms. The predicted molar refractivity (Wildman–Crippen MR) is 80.4 cm³/mol. The molecule has 2 aromatic carbocycles. The zero-order valence-corrected chi connectivity index (χ0v) is 12.4. The molecule has 0 unspecified atom stereocenters. The molecular weight excluding hydrogens is 270 g/mol. The lowest BCUT2D eigenvalue weighted by atomic mass is 9.87. The van der Waals surface area contributed by atoms with Crippen molar-refractivity contribution in [3.63, 3.8) is 0 Å². The maximum atomic E-state index is 12.8. The summed E-state index contributed by atoms with van der Waals surface area (Å²) in [5.41, 5.74) is 1.71. The Balaban J connectivity index is 2.14. The van der Waals surface area contributed by atoms with E-state index in [9.17, 15) is 8.42 Å². The fraction of sp³-hybridized carbons (Fsp3) is 0.250. The van der Waals surface area contributed by atoms with Crippen LogP contribution in [0.4, 0.5) is 5.69 Å². The lowest BCUT2D eigenvalue weighted by Crippen LogP contribution is -2.33. The van der Waals surface area contributed by atoms with Gasteiger partial charge in [-0.25, -0.2) is 8.42 Å². The van der Waals surface area contributed by atoms with Crippen molar-refractivity contribution in [2.24, 2.45) is 0 Å². The van der Waals surface area contributed by atoms with Gasteiger partial charge in [0, 0.05) is 12.0 Å². The van der Waals surface area contributed by atoms with Gasteiger partial charge in [-0.2, -0.15) is 0 Å². The van der Waals surface area contributed by atoms with Gasteiger partial charge in [0.25, 0.3) is 10.0 Å². The second-order valence-electron chi connectivity index (χ2n) is 5.73. The smallest absolute Gasteiger partial charge is 0.264 e.